The van der Waals surface area contributed by atoms with Crippen LogP contribution in [-0.4, -0.2) is 33.4 Å². The standard InChI is InChI=1S/C12H18N6O/c1-2-3-10-6-12(19)18(8-10)11(7-15-16-13)17-5-4-14-9-17/h4-5,9-11H,2-3,6-8H2,1H3. The zero-order valence-electron chi connectivity index (χ0n) is 11.0. The van der Waals surface area contributed by atoms with Crippen LogP contribution < -0.4 is 0 Å². The van der Waals surface area contributed by atoms with Crippen LogP contribution in [0.3, 0.4) is 0 Å². The fourth-order valence-corrected chi connectivity index (χ4v) is 2.61. The topological polar surface area (TPSA) is 86.9 Å². The lowest BCUT2D eigenvalue weighted by atomic mass is 10.0. The molecule has 1 aromatic rings. The Kier molecular flexibility index (Phi) is 4.41. The van der Waals surface area contributed by atoms with Crippen molar-refractivity contribution in [3.05, 3.63) is 29.2 Å². The molecule has 0 aliphatic carbocycles. The highest BCUT2D eigenvalue weighted by atomic mass is 16.2. The van der Waals surface area contributed by atoms with Gasteiger partial charge in [-0.1, -0.05) is 18.5 Å². The van der Waals surface area contributed by atoms with E-state index in [9.17, 15) is 4.79 Å². The molecule has 7 heteroatoms. The van der Waals surface area contributed by atoms with E-state index >= 15 is 0 Å². The molecule has 2 heterocycles. The molecule has 19 heavy (non-hydrogen) atoms. The predicted octanol–water partition coefficient (Wildman–Crippen LogP) is 2.34. The molecule has 0 N–H and O–H groups in total. The summed E-state index contributed by atoms with van der Waals surface area (Å²) in [6, 6.07) is 0. The van der Waals surface area contributed by atoms with E-state index < -0.39 is 0 Å². The molecule has 102 valence electrons. The molecule has 1 aromatic heterocycles. The van der Waals surface area contributed by atoms with Crippen molar-refractivity contribution in [1.29, 1.82) is 0 Å². The van der Waals surface area contributed by atoms with Crippen LogP contribution in [0.25, 0.3) is 10.4 Å². The molecule has 1 aliphatic rings. The van der Waals surface area contributed by atoms with Crippen molar-refractivity contribution in [2.45, 2.75) is 32.4 Å². The predicted molar refractivity (Wildman–Crippen MR) is 70.0 cm³/mol. The largest absolute Gasteiger partial charge is 0.321 e. The molecule has 1 fully saturated rings. The normalized spacial score (nSPS) is 20.4. The average Bonchev–Trinajstić information content (AvgIpc) is 3.02. The summed E-state index contributed by atoms with van der Waals surface area (Å²) in [5.41, 5.74) is 8.49. The van der Waals surface area contributed by atoms with Crippen molar-refractivity contribution in [2.24, 2.45) is 11.0 Å². The average molecular weight is 262 g/mol. The number of amides is 1. The van der Waals surface area contributed by atoms with Crippen molar-refractivity contribution < 1.29 is 4.79 Å². The Morgan fingerprint density at radius 3 is 3.16 bits per heavy atom. The van der Waals surface area contributed by atoms with Crippen LogP contribution in [0.2, 0.25) is 0 Å². The first kappa shape index (κ1) is 13.4. The van der Waals surface area contributed by atoms with Crippen molar-refractivity contribution in [2.75, 3.05) is 13.1 Å². The minimum Gasteiger partial charge on any atom is -0.321 e. The molecule has 1 saturated heterocycles. The zero-order chi connectivity index (χ0) is 13.7. The molecule has 2 rings (SSSR count). The molecule has 0 radical (unpaired) electrons. The number of hydrogen-bond acceptors (Lipinski definition) is 3. The van der Waals surface area contributed by atoms with E-state index in [1.807, 2.05) is 4.57 Å². The molecule has 7 nitrogen and oxygen atoms in total. The van der Waals surface area contributed by atoms with E-state index in [1.54, 1.807) is 23.6 Å². The van der Waals surface area contributed by atoms with Crippen LogP contribution in [0.15, 0.2) is 23.8 Å². The van der Waals surface area contributed by atoms with Gasteiger partial charge in [-0.25, -0.2) is 4.98 Å². The molecule has 0 bridgehead atoms. The summed E-state index contributed by atoms with van der Waals surface area (Å²) in [6.45, 7) is 3.09. The van der Waals surface area contributed by atoms with Crippen LogP contribution in [0, 0.1) is 5.92 Å². The molecule has 1 amide bonds. The molecule has 0 saturated carbocycles. The van der Waals surface area contributed by atoms with E-state index in [0.29, 0.717) is 12.3 Å². The molecule has 2 atom stereocenters. The lowest BCUT2D eigenvalue weighted by Gasteiger charge is -2.28. The van der Waals surface area contributed by atoms with Crippen LogP contribution in [-0.2, 0) is 4.79 Å². The Labute approximate surface area is 111 Å². The molecule has 2 unspecified atom stereocenters. The third-order valence-corrected chi connectivity index (χ3v) is 3.47. The number of imidazole rings is 1. The minimum atomic E-state index is -0.257. The van der Waals surface area contributed by atoms with Gasteiger partial charge in [-0.15, -0.1) is 0 Å². The zero-order valence-corrected chi connectivity index (χ0v) is 11.0. The maximum Gasteiger partial charge on any atom is 0.224 e. The summed E-state index contributed by atoms with van der Waals surface area (Å²) in [5, 5.41) is 3.62. The Bertz CT molecular complexity index is 465. The van der Waals surface area contributed by atoms with Crippen LogP contribution >= 0.6 is 0 Å². The van der Waals surface area contributed by atoms with Crippen molar-refractivity contribution in [3.8, 4) is 0 Å². The number of carbonyl (C=O) groups excluding carboxylic acids is 1. The monoisotopic (exact) mass is 262 g/mol. The summed E-state index contributed by atoms with van der Waals surface area (Å²) in [6.07, 6.45) is 7.57. The summed E-state index contributed by atoms with van der Waals surface area (Å²) in [4.78, 5) is 20.7. The highest BCUT2D eigenvalue weighted by Gasteiger charge is 2.34. The maximum atomic E-state index is 12.1. The SMILES string of the molecule is CCCC1CC(=O)N(C(CN=[N+]=[N-])n2ccnc2)C1. The highest BCUT2D eigenvalue weighted by molar-refractivity contribution is 5.78. The first-order valence-electron chi connectivity index (χ1n) is 6.54. The van der Waals surface area contributed by atoms with E-state index in [0.717, 1.165) is 19.4 Å². The van der Waals surface area contributed by atoms with Gasteiger partial charge >= 0.3 is 0 Å². The minimum absolute atomic E-state index is 0.130. The second kappa shape index (κ2) is 6.24. The highest BCUT2D eigenvalue weighted by Crippen LogP contribution is 2.28. The summed E-state index contributed by atoms with van der Waals surface area (Å²) in [5.74, 6) is 0.542. The molecule has 0 aromatic carbocycles. The van der Waals surface area contributed by atoms with Gasteiger partial charge in [0.15, 0.2) is 0 Å². The fraction of sp³-hybridized carbons (Fsp3) is 0.667. The number of nitrogens with zero attached hydrogens (tertiary/aromatic N) is 6. The van der Waals surface area contributed by atoms with Crippen LogP contribution in [0.4, 0.5) is 0 Å². The van der Waals surface area contributed by atoms with E-state index in [1.165, 1.54) is 0 Å². The van der Waals surface area contributed by atoms with Crippen molar-refractivity contribution in [3.63, 3.8) is 0 Å². The number of likely N-dealkylation sites (tertiary alicyclic amines) is 1. The third-order valence-electron chi connectivity index (χ3n) is 3.47. The van der Waals surface area contributed by atoms with Crippen molar-refractivity contribution >= 4 is 5.91 Å². The molecule has 1 aliphatic heterocycles. The Morgan fingerprint density at radius 1 is 1.68 bits per heavy atom. The molecular weight excluding hydrogens is 244 g/mol. The molecule has 0 spiro atoms. The van der Waals surface area contributed by atoms with Gasteiger partial charge in [0.2, 0.25) is 5.91 Å². The second-order valence-electron chi connectivity index (χ2n) is 4.81. The fourth-order valence-electron chi connectivity index (χ4n) is 2.61. The van der Waals surface area contributed by atoms with Gasteiger partial charge in [0.05, 0.1) is 12.9 Å². The Balaban J connectivity index is 2.14. The number of carbonyl (C=O) groups is 1. The maximum absolute atomic E-state index is 12.1. The number of hydrogen-bond donors (Lipinski definition) is 0. The number of aromatic nitrogens is 2. The van der Waals surface area contributed by atoms with Gasteiger partial charge in [0.1, 0.15) is 6.17 Å². The first-order valence-corrected chi connectivity index (χ1v) is 6.54. The first-order chi connectivity index (χ1) is 9.26. The summed E-state index contributed by atoms with van der Waals surface area (Å²) < 4.78 is 1.82. The van der Waals surface area contributed by atoms with Crippen LogP contribution in [0.5, 0.6) is 0 Å². The lowest BCUT2D eigenvalue weighted by Crippen LogP contribution is -2.35. The van der Waals surface area contributed by atoms with Crippen molar-refractivity contribution in [1.82, 2.24) is 14.5 Å². The van der Waals surface area contributed by atoms with E-state index in [2.05, 4.69) is 21.9 Å². The third kappa shape index (κ3) is 3.06. The van der Waals surface area contributed by atoms with Gasteiger partial charge in [0.25, 0.3) is 0 Å². The van der Waals surface area contributed by atoms with Gasteiger partial charge in [-0.3, -0.25) is 4.79 Å². The summed E-state index contributed by atoms with van der Waals surface area (Å²) >= 11 is 0. The number of azide groups is 1. The van der Waals surface area contributed by atoms with Gasteiger partial charge in [-0.05, 0) is 17.9 Å². The smallest absolute Gasteiger partial charge is 0.224 e. The van der Waals surface area contributed by atoms with E-state index in [-0.39, 0.29) is 18.6 Å². The number of rotatable bonds is 6. The summed E-state index contributed by atoms with van der Waals surface area (Å²) in [7, 11) is 0. The Hall–Kier alpha value is -2.01. The Morgan fingerprint density at radius 2 is 2.53 bits per heavy atom. The van der Waals surface area contributed by atoms with E-state index in [4.69, 9.17) is 5.53 Å². The van der Waals surface area contributed by atoms with Gasteiger partial charge in [0, 0.05) is 30.3 Å². The molecular formula is C12H18N6O. The van der Waals surface area contributed by atoms with Gasteiger partial charge < -0.3 is 9.47 Å². The van der Waals surface area contributed by atoms with Crippen LogP contribution in [0.1, 0.15) is 32.4 Å². The lowest BCUT2D eigenvalue weighted by molar-refractivity contribution is -0.131. The second-order valence-corrected chi connectivity index (χ2v) is 4.81. The quantitative estimate of drug-likeness (QED) is 0.447. The van der Waals surface area contributed by atoms with Gasteiger partial charge in [-0.2, -0.15) is 0 Å².